The first-order valence-corrected chi connectivity index (χ1v) is 12.3. The maximum Gasteiger partial charge on any atom is 0.280 e. The van der Waals surface area contributed by atoms with Gasteiger partial charge in [-0.2, -0.15) is 0 Å². The van der Waals surface area contributed by atoms with Crippen LogP contribution in [0.4, 0.5) is 4.39 Å². The first-order chi connectivity index (χ1) is 15.9. The molecule has 7 nitrogen and oxygen atoms in total. The van der Waals surface area contributed by atoms with Crippen LogP contribution >= 0.6 is 22.9 Å². The lowest BCUT2D eigenvalue weighted by molar-refractivity contribution is 0.0860. The zero-order valence-corrected chi connectivity index (χ0v) is 19.8. The molecule has 5 rings (SSSR count). The Bertz CT molecular complexity index is 1190. The highest BCUT2D eigenvalue weighted by molar-refractivity contribution is 7.13. The third-order valence-corrected chi connectivity index (χ3v) is 7.79. The van der Waals surface area contributed by atoms with Gasteiger partial charge < -0.3 is 20.5 Å². The Hall–Kier alpha value is -2.49. The fourth-order valence-corrected chi connectivity index (χ4v) is 5.89. The summed E-state index contributed by atoms with van der Waals surface area (Å²) in [5.74, 6) is -1.01. The number of carbonyl (C=O) groups is 2. The van der Waals surface area contributed by atoms with E-state index in [0.717, 1.165) is 55.8 Å². The van der Waals surface area contributed by atoms with Gasteiger partial charge in [0.05, 0.1) is 10.7 Å². The van der Waals surface area contributed by atoms with E-state index < -0.39 is 5.82 Å². The minimum Gasteiger partial charge on any atom is -0.350 e. The van der Waals surface area contributed by atoms with Crippen molar-refractivity contribution in [1.82, 2.24) is 25.5 Å². The average molecular weight is 490 g/mol. The Kier molecular flexibility index (Phi) is 6.11. The van der Waals surface area contributed by atoms with Gasteiger partial charge in [0, 0.05) is 47.4 Å². The van der Waals surface area contributed by atoms with E-state index in [-0.39, 0.29) is 28.9 Å². The molecule has 2 atom stereocenters. The molecule has 0 spiro atoms. The Morgan fingerprint density at radius 3 is 2.67 bits per heavy atom. The number of thiazole rings is 1. The molecule has 0 saturated heterocycles. The van der Waals surface area contributed by atoms with E-state index in [1.54, 1.807) is 6.07 Å². The van der Waals surface area contributed by atoms with Crippen LogP contribution < -0.4 is 10.6 Å². The second-order valence-corrected chi connectivity index (χ2v) is 10.3. The molecule has 0 radical (unpaired) electrons. The summed E-state index contributed by atoms with van der Waals surface area (Å²) in [7, 11) is 2.07. The van der Waals surface area contributed by atoms with Gasteiger partial charge >= 0.3 is 0 Å². The topological polar surface area (TPSA) is 90.1 Å². The number of aromatic amines is 1. The first kappa shape index (κ1) is 22.3. The highest BCUT2D eigenvalue weighted by atomic mass is 35.5. The fourth-order valence-electron chi connectivity index (χ4n) is 4.62. The SMILES string of the molecule is CN1CCc2nc(C(=O)NC3CCCC[C@@H]3NC(=O)c3cc4cc(Cl)c(F)cc4[nH]3)sc2C1. The van der Waals surface area contributed by atoms with E-state index in [9.17, 15) is 14.0 Å². The minimum atomic E-state index is -0.538. The van der Waals surface area contributed by atoms with Gasteiger partial charge in [0.2, 0.25) is 0 Å². The van der Waals surface area contributed by atoms with Gasteiger partial charge in [-0.05, 0) is 38.1 Å². The summed E-state index contributed by atoms with van der Waals surface area (Å²) in [6.45, 7) is 1.77. The van der Waals surface area contributed by atoms with Crippen molar-refractivity contribution in [2.45, 2.75) is 50.7 Å². The zero-order valence-electron chi connectivity index (χ0n) is 18.2. The molecule has 2 amide bonds. The third-order valence-electron chi connectivity index (χ3n) is 6.42. The zero-order chi connectivity index (χ0) is 23.1. The number of H-pyrrole nitrogens is 1. The van der Waals surface area contributed by atoms with Crippen molar-refractivity contribution in [3.8, 4) is 0 Å². The summed E-state index contributed by atoms with van der Waals surface area (Å²) in [5, 5.41) is 7.32. The van der Waals surface area contributed by atoms with Crippen LogP contribution in [-0.4, -0.2) is 52.4 Å². The molecular weight excluding hydrogens is 465 g/mol. The van der Waals surface area contributed by atoms with Crippen molar-refractivity contribution in [2.24, 2.45) is 0 Å². The molecule has 1 saturated carbocycles. The summed E-state index contributed by atoms with van der Waals surface area (Å²) < 4.78 is 13.7. The van der Waals surface area contributed by atoms with Crippen LogP contribution in [0.15, 0.2) is 18.2 Å². The maximum atomic E-state index is 13.7. The van der Waals surface area contributed by atoms with Crippen LogP contribution in [0.5, 0.6) is 0 Å². The predicted molar refractivity (Wildman–Crippen MR) is 126 cm³/mol. The van der Waals surface area contributed by atoms with Crippen molar-refractivity contribution in [1.29, 1.82) is 0 Å². The number of carbonyl (C=O) groups excluding carboxylic acids is 2. The molecule has 2 aromatic heterocycles. The lowest BCUT2D eigenvalue weighted by atomic mass is 9.90. The molecule has 3 heterocycles. The lowest BCUT2D eigenvalue weighted by Crippen LogP contribution is -2.53. The van der Waals surface area contributed by atoms with Crippen LogP contribution in [0.25, 0.3) is 10.9 Å². The van der Waals surface area contributed by atoms with Crippen LogP contribution in [0.3, 0.4) is 0 Å². The molecule has 2 aliphatic rings. The molecule has 0 bridgehead atoms. The van der Waals surface area contributed by atoms with Crippen LogP contribution in [-0.2, 0) is 13.0 Å². The van der Waals surface area contributed by atoms with Crippen molar-refractivity contribution in [2.75, 3.05) is 13.6 Å². The van der Waals surface area contributed by atoms with E-state index in [0.29, 0.717) is 21.6 Å². The molecule has 1 fully saturated rings. The highest BCUT2D eigenvalue weighted by Gasteiger charge is 2.30. The fraction of sp³-hybridized carbons (Fsp3) is 0.435. The smallest absolute Gasteiger partial charge is 0.280 e. The van der Waals surface area contributed by atoms with Crippen LogP contribution in [0.2, 0.25) is 5.02 Å². The first-order valence-electron chi connectivity index (χ1n) is 11.1. The number of halogens is 2. The number of rotatable bonds is 4. The van der Waals surface area contributed by atoms with Gasteiger partial charge in [-0.1, -0.05) is 24.4 Å². The summed E-state index contributed by atoms with van der Waals surface area (Å²) in [4.78, 5) is 36.8. The number of hydrogen-bond acceptors (Lipinski definition) is 5. The summed E-state index contributed by atoms with van der Waals surface area (Å²) in [6, 6.07) is 4.07. The van der Waals surface area contributed by atoms with Crippen molar-refractivity contribution < 1.29 is 14.0 Å². The number of benzene rings is 1. The predicted octanol–water partition coefficient (Wildman–Crippen LogP) is 3.88. The largest absolute Gasteiger partial charge is 0.350 e. The molecule has 1 aromatic carbocycles. The quantitative estimate of drug-likeness (QED) is 0.519. The second kappa shape index (κ2) is 9.04. The number of amides is 2. The van der Waals surface area contributed by atoms with Crippen LogP contribution in [0, 0.1) is 5.82 Å². The Labute approximate surface area is 199 Å². The molecule has 3 aromatic rings. The molecule has 1 aliphatic carbocycles. The van der Waals surface area contributed by atoms with Crippen LogP contribution in [0.1, 0.15) is 56.5 Å². The molecule has 3 N–H and O–H groups in total. The average Bonchev–Trinajstić information content (AvgIpc) is 3.39. The monoisotopic (exact) mass is 489 g/mol. The van der Waals surface area contributed by atoms with E-state index in [1.807, 2.05) is 0 Å². The van der Waals surface area contributed by atoms with Gasteiger partial charge in [-0.25, -0.2) is 9.37 Å². The molecule has 10 heteroatoms. The molecule has 1 aliphatic heterocycles. The van der Waals surface area contributed by atoms with Crippen molar-refractivity contribution >= 4 is 45.7 Å². The maximum absolute atomic E-state index is 13.7. The third kappa shape index (κ3) is 4.62. The molecule has 174 valence electrons. The number of hydrogen-bond donors (Lipinski definition) is 3. The van der Waals surface area contributed by atoms with Gasteiger partial charge in [0.15, 0.2) is 5.01 Å². The number of likely N-dealkylation sites (N-methyl/N-ethyl adjacent to an activating group) is 1. The van der Waals surface area contributed by atoms with Gasteiger partial charge in [-0.3, -0.25) is 9.59 Å². The standard InChI is InChI=1S/C23H25ClFN5O2S/c1-30-7-6-17-20(11-30)33-23(29-17)22(32)28-16-5-3-2-4-15(16)27-21(31)19-9-12-8-13(24)14(25)10-18(12)26-19/h8-10,15-16,26H,2-7,11H2,1H3,(H,27,31)(H,28,32)/t15-,16?/m0/s1. The number of aromatic nitrogens is 2. The van der Waals surface area contributed by atoms with Crippen molar-refractivity contribution in [3.63, 3.8) is 0 Å². The number of nitrogens with zero attached hydrogens (tertiary/aromatic N) is 2. The van der Waals surface area contributed by atoms with E-state index in [1.165, 1.54) is 23.5 Å². The second-order valence-electron chi connectivity index (χ2n) is 8.86. The van der Waals surface area contributed by atoms with Gasteiger partial charge in [0.25, 0.3) is 11.8 Å². The summed E-state index contributed by atoms with van der Waals surface area (Å²) in [5.41, 5.74) is 1.86. The van der Waals surface area contributed by atoms with Gasteiger partial charge in [0.1, 0.15) is 11.5 Å². The van der Waals surface area contributed by atoms with Crippen molar-refractivity contribution in [3.05, 3.63) is 50.3 Å². The minimum absolute atomic E-state index is 0.0130. The van der Waals surface area contributed by atoms with E-state index in [4.69, 9.17) is 11.6 Å². The normalized spacial score (nSPS) is 21.1. The summed E-state index contributed by atoms with van der Waals surface area (Å²) >= 11 is 7.31. The molecule has 33 heavy (non-hydrogen) atoms. The van der Waals surface area contributed by atoms with E-state index >= 15 is 0 Å². The van der Waals surface area contributed by atoms with E-state index in [2.05, 4.69) is 32.5 Å². The van der Waals surface area contributed by atoms with Gasteiger partial charge in [-0.15, -0.1) is 11.3 Å². The summed E-state index contributed by atoms with van der Waals surface area (Å²) in [6.07, 6.45) is 4.38. The molecular formula is C23H25ClFN5O2S. The Morgan fingerprint density at radius 2 is 1.91 bits per heavy atom. The molecule has 1 unspecified atom stereocenters. The Morgan fingerprint density at radius 1 is 1.18 bits per heavy atom. The lowest BCUT2D eigenvalue weighted by Gasteiger charge is -2.32. The Balaban J connectivity index is 1.28. The number of fused-ring (bicyclic) bond motifs is 2. The number of nitrogens with one attached hydrogen (secondary N) is 3. The highest BCUT2D eigenvalue weighted by Crippen LogP contribution is 2.26.